The van der Waals surface area contributed by atoms with Gasteiger partial charge in [-0.1, -0.05) is 92.4 Å². The summed E-state index contributed by atoms with van der Waals surface area (Å²) < 4.78 is 1.11. The van der Waals surface area contributed by atoms with E-state index in [1.807, 2.05) is 0 Å². The molecule has 1 nitrogen and oxygen atoms in total. The van der Waals surface area contributed by atoms with Crippen LogP contribution in [0.15, 0.2) is 0 Å². The molecule has 0 aromatic heterocycles. The summed E-state index contributed by atoms with van der Waals surface area (Å²) in [5.41, 5.74) is 0. The van der Waals surface area contributed by atoms with Crippen molar-refractivity contribution in [1.29, 1.82) is 0 Å². The molecule has 0 aliphatic rings. The first kappa shape index (κ1) is 25.0. The van der Waals surface area contributed by atoms with Crippen LogP contribution < -0.4 is 0 Å². The van der Waals surface area contributed by atoms with Gasteiger partial charge in [0.05, 0.1) is 27.7 Å². The summed E-state index contributed by atoms with van der Waals surface area (Å²) in [7, 11) is 6.91. The molecule has 0 bridgehead atoms. The van der Waals surface area contributed by atoms with Crippen LogP contribution >= 0.6 is 0 Å². The molecule has 0 spiro atoms. The smallest absolute Gasteiger partial charge is 0.0780 e. The van der Waals surface area contributed by atoms with E-state index in [9.17, 15) is 0 Å². The summed E-state index contributed by atoms with van der Waals surface area (Å²) in [6, 6.07) is 0. The van der Waals surface area contributed by atoms with E-state index in [1.165, 1.54) is 77.2 Å². The van der Waals surface area contributed by atoms with Gasteiger partial charge in [-0.3, -0.25) is 0 Å². The monoisotopic (exact) mass is 354 g/mol. The van der Waals surface area contributed by atoms with Crippen molar-refractivity contribution in [1.82, 2.24) is 0 Å². The molecule has 0 aliphatic carbocycles. The standard InChI is InChI=1S/C24H52N/c1-21(2)13-9-14-22(3)15-10-16-23(4)17-11-18-24(5)19-12-20-25(6,7)8/h21-24H,9-20H2,1-8H3/q+1. The van der Waals surface area contributed by atoms with Crippen LogP contribution in [0.1, 0.15) is 105 Å². The van der Waals surface area contributed by atoms with Crippen molar-refractivity contribution in [2.24, 2.45) is 23.7 Å². The minimum absolute atomic E-state index is 0.877. The Hall–Kier alpha value is -0.0400. The first-order valence-corrected chi connectivity index (χ1v) is 11.4. The van der Waals surface area contributed by atoms with E-state index in [2.05, 4.69) is 55.8 Å². The first-order valence-electron chi connectivity index (χ1n) is 11.4. The highest BCUT2D eigenvalue weighted by molar-refractivity contribution is 4.61. The van der Waals surface area contributed by atoms with Crippen LogP contribution in [0.25, 0.3) is 0 Å². The maximum atomic E-state index is 2.48. The van der Waals surface area contributed by atoms with Crippen molar-refractivity contribution in [3.05, 3.63) is 0 Å². The predicted molar refractivity (Wildman–Crippen MR) is 116 cm³/mol. The summed E-state index contributed by atoms with van der Waals surface area (Å²) in [6.45, 7) is 13.4. The molecule has 0 aromatic carbocycles. The summed E-state index contributed by atoms with van der Waals surface area (Å²) in [4.78, 5) is 0. The molecule has 0 fully saturated rings. The van der Waals surface area contributed by atoms with Crippen LogP contribution in [0.4, 0.5) is 0 Å². The fourth-order valence-electron chi connectivity index (χ4n) is 3.85. The highest BCUT2D eigenvalue weighted by Gasteiger charge is 2.10. The maximum absolute atomic E-state index is 2.48. The lowest BCUT2D eigenvalue weighted by molar-refractivity contribution is -0.870. The van der Waals surface area contributed by atoms with E-state index in [0.717, 1.165) is 28.2 Å². The highest BCUT2D eigenvalue weighted by Crippen LogP contribution is 2.23. The van der Waals surface area contributed by atoms with Crippen LogP contribution in [-0.4, -0.2) is 32.2 Å². The SMILES string of the molecule is CC(C)CCCC(C)CCCC(C)CCCC(C)CCC[N+](C)(C)C. The summed E-state index contributed by atoms with van der Waals surface area (Å²) >= 11 is 0. The Morgan fingerprint density at radius 1 is 0.480 bits per heavy atom. The highest BCUT2D eigenvalue weighted by atomic mass is 15.3. The van der Waals surface area contributed by atoms with Crippen molar-refractivity contribution in [2.45, 2.75) is 105 Å². The van der Waals surface area contributed by atoms with E-state index in [-0.39, 0.29) is 0 Å². The number of quaternary nitrogens is 1. The van der Waals surface area contributed by atoms with Crippen LogP contribution in [0.5, 0.6) is 0 Å². The van der Waals surface area contributed by atoms with Gasteiger partial charge in [0.2, 0.25) is 0 Å². The number of hydrogen-bond acceptors (Lipinski definition) is 0. The molecule has 0 heterocycles. The molecule has 0 saturated carbocycles. The maximum Gasteiger partial charge on any atom is 0.0780 e. The molecule has 25 heavy (non-hydrogen) atoms. The lowest BCUT2D eigenvalue weighted by Gasteiger charge is -2.24. The van der Waals surface area contributed by atoms with E-state index >= 15 is 0 Å². The Labute approximate surface area is 161 Å². The average Bonchev–Trinajstić information content (AvgIpc) is 2.45. The molecule has 3 unspecified atom stereocenters. The Morgan fingerprint density at radius 2 is 0.800 bits per heavy atom. The quantitative estimate of drug-likeness (QED) is 0.251. The third kappa shape index (κ3) is 18.5. The van der Waals surface area contributed by atoms with Gasteiger partial charge in [-0.15, -0.1) is 0 Å². The van der Waals surface area contributed by atoms with Crippen molar-refractivity contribution in [2.75, 3.05) is 27.7 Å². The van der Waals surface area contributed by atoms with E-state index < -0.39 is 0 Å². The average molecular weight is 355 g/mol. The molecule has 0 saturated heterocycles. The Morgan fingerprint density at radius 3 is 1.12 bits per heavy atom. The fourth-order valence-corrected chi connectivity index (χ4v) is 3.85. The van der Waals surface area contributed by atoms with Gasteiger partial charge in [0.1, 0.15) is 0 Å². The third-order valence-corrected chi connectivity index (χ3v) is 5.79. The van der Waals surface area contributed by atoms with Gasteiger partial charge in [0.25, 0.3) is 0 Å². The van der Waals surface area contributed by atoms with Crippen LogP contribution in [0.3, 0.4) is 0 Å². The Balaban J connectivity index is 3.55. The third-order valence-electron chi connectivity index (χ3n) is 5.79. The lowest BCUT2D eigenvalue weighted by Crippen LogP contribution is -2.35. The van der Waals surface area contributed by atoms with Crippen molar-refractivity contribution < 1.29 is 4.48 Å². The van der Waals surface area contributed by atoms with Crippen molar-refractivity contribution >= 4 is 0 Å². The van der Waals surface area contributed by atoms with Gasteiger partial charge in [0.15, 0.2) is 0 Å². The zero-order valence-electron chi connectivity index (χ0n) is 19.2. The predicted octanol–water partition coefficient (Wildman–Crippen LogP) is 7.55. The zero-order valence-corrected chi connectivity index (χ0v) is 19.2. The molecule has 0 radical (unpaired) electrons. The van der Waals surface area contributed by atoms with Gasteiger partial charge in [-0.2, -0.15) is 0 Å². The minimum atomic E-state index is 0.877. The second-order valence-electron chi connectivity index (χ2n) is 10.7. The molecular weight excluding hydrogens is 302 g/mol. The molecular formula is C24H52N+. The summed E-state index contributed by atoms with van der Waals surface area (Å²) in [5, 5.41) is 0. The number of nitrogens with zero attached hydrogens (tertiary/aromatic N) is 1. The summed E-state index contributed by atoms with van der Waals surface area (Å²) in [6.07, 6.45) is 15.8. The van der Waals surface area contributed by atoms with Gasteiger partial charge >= 0.3 is 0 Å². The van der Waals surface area contributed by atoms with Crippen LogP contribution in [0.2, 0.25) is 0 Å². The van der Waals surface area contributed by atoms with Gasteiger partial charge in [0, 0.05) is 0 Å². The number of hydrogen-bond donors (Lipinski definition) is 0. The number of rotatable bonds is 16. The molecule has 0 N–H and O–H groups in total. The molecule has 0 amide bonds. The largest absolute Gasteiger partial charge is 0.331 e. The second-order valence-corrected chi connectivity index (χ2v) is 10.7. The lowest BCUT2D eigenvalue weighted by atomic mass is 9.90. The molecule has 0 rings (SSSR count). The normalized spacial score (nSPS) is 16.2. The van der Waals surface area contributed by atoms with Gasteiger partial charge in [-0.05, 0) is 36.5 Å². The zero-order chi connectivity index (χ0) is 19.3. The minimum Gasteiger partial charge on any atom is -0.331 e. The molecule has 0 aromatic rings. The van der Waals surface area contributed by atoms with Crippen molar-refractivity contribution in [3.63, 3.8) is 0 Å². The van der Waals surface area contributed by atoms with Gasteiger partial charge < -0.3 is 4.48 Å². The van der Waals surface area contributed by atoms with Crippen molar-refractivity contribution in [3.8, 4) is 0 Å². The first-order chi connectivity index (χ1) is 11.6. The topological polar surface area (TPSA) is 0 Å². The molecule has 3 atom stereocenters. The second kappa shape index (κ2) is 14.1. The van der Waals surface area contributed by atoms with E-state index in [1.54, 1.807) is 0 Å². The molecule has 0 aliphatic heterocycles. The Kier molecular flexibility index (Phi) is 14.0. The fraction of sp³-hybridized carbons (Fsp3) is 1.00. The summed E-state index contributed by atoms with van der Waals surface area (Å²) in [5.74, 6) is 3.66. The van der Waals surface area contributed by atoms with E-state index in [0.29, 0.717) is 0 Å². The van der Waals surface area contributed by atoms with Crippen LogP contribution in [-0.2, 0) is 0 Å². The molecule has 1 heteroatoms. The van der Waals surface area contributed by atoms with Crippen LogP contribution in [0, 0.1) is 23.7 Å². The van der Waals surface area contributed by atoms with E-state index in [4.69, 9.17) is 0 Å². The van der Waals surface area contributed by atoms with Gasteiger partial charge in [-0.25, -0.2) is 0 Å². The Bertz CT molecular complexity index is 289. The molecule has 152 valence electrons.